The average Bonchev–Trinajstić information content (AvgIpc) is 2.34. The first-order valence-corrected chi connectivity index (χ1v) is 9.36. The highest BCUT2D eigenvalue weighted by atomic mass is 32.2. The van der Waals surface area contributed by atoms with Crippen LogP contribution in [0.5, 0.6) is 0 Å². The summed E-state index contributed by atoms with van der Waals surface area (Å²) in [6.07, 6.45) is 1.62. The van der Waals surface area contributed by atoms with E-state index in [-0.39, 0.29) is 5.75 Å². The molecule has 1 rings (SSSR count). The Hall–Kier alpha value is -0.980. The molecule has 0 aliphatic carbocycles. The number of thioether (sulfide) groups is 1. The molecule has 0 radical (unpaired) electrons. The second-order valence-electron chi connectivity index (χ2n) is 5.73. The Bertz CT molecular complexity index is 578. The molecule has 6 heteroatoms. The monoisotopic (exact) mass is 328 g/mol. The molecule has 0 fully saturated rings. The summed E-state index contributed by atoms with van der Waals surface area (Å²) in [6, 6.07) is 7.46. The second kappa shape index (κ2) is 7.33. The van der Waals surface area contributed by atoms with E-state index in [1.54, 1.807) is 6.08 Å². The Labute approximate surface area is 132 Å². The normalized spacial score (nSPS) is 12.6. The van der Waals surface area contributed by atoms with E-state index >= 15 is 0 Å². The fourth-order valence-corrected chi connectivity index (χ4v) is 5.09. The highest BCUT2D eigenvalue weighted by Gasteiger charge is 2.31. The quantitative estimate of drug-likeness (QED) is 0.475. The molecule has 21 heavy (non-hydrogen) atoms. The molecule has 0 unspecified atom stereocenters. The molecule has 0 heterocycles. The van der Waals surface area contributed by atoms with Crippen molar-refractivity contribution in [3.63, 3.8) is 0 Å². The van der Waals surface area contributed by atoms with Crippen LogP contribution < -0.4 is 5.73 Å². The molecular weight excluding hydrogens is 304 g/mol. The fraction of sp³-hybridized carbons (Fsp3) is 0.467. The first kappa shape index (κ1) is 18.1. The number of nitrogens with two attached hydrogens (primary N) is 1. The van der Waals surface area contributed by atoms with Crippen molar-refractivity contribution in [3.8, 4) is 0 Å². The summed E-state index contributed by atoms with van der Waals surface area (Å²) in [5.74, 6) is 0.590. The second-order valence-corrected chi connectivity index (χ2v) is 8.91. The Morgan fingerprint density at radius 3 is 2.57 bits per heavy atom. The SMILES string of the molecule is C=CCN(C(C)(C)C)S(=O)(=O)CCSc1cccc(N)c1. The molecule has 0 aliphatic rings. The van der Waals surface area contributed by atoms with Crippen molar-refractivity contribution >= 4 is 27.5 Å². The smallest absolute Gasteiger partial charge is 0.215 e. The Morgan fingerprint density at radius 2 is 2.05 bits per heavy atom. The molecule has 2 N–H and O–H groups in total. The maximum atomic E-state index is 12.5. The van der Waals surface area contributed by atoms with E-state index in [0.717, 1.165) is 4.90 Å². The maximum Gasteiger partial charge on any atom is 0.215 e. The van der Waals surface area contributed by atoms with E-state index in [1.807, 2.05) is 45.0 Å². The van der Waals surface area contributed by atoms with Crippen LogP contribution in [0.1, 0.15) is 20.8 Å². The van der Waals surface area contributed by atoms with Crippen molar-refractivity contribution in [1.29, 1.82) is 0 Å². The molecule has 118 valence electrons. The predicted octanol–water partition coefficient (Wildman–Crippen LogP) is 2.98. The van der Waals surface area contributed by atoms with Crippen molar-refractivity contribution in [2.24, 2.45) is 0 Å². The third-order valence-corrected chi connectivity index (χ3v) is 6.19. The predicted molar refractivity (Wildman–Crippen MR) is 92.0 cm³/mol. The molecule has 1 aromatic carbocycles. The number of sulfonamides is 1. The van der Waals surface area contributed by atoms with Crippen LogP contribution in [0, 0.1) is 0 Å². The van der Waals surface area contributed by atoms with Gasteiger partial charge in [0.05, 0.1) is 5.75 Å². The van der Waals surface area contributed by atoms with Crippen molar-refractivity contribution in [3.05, 3.63) is 36.9 Å². The van der Waals surface area contributed by atoms with Crippen LogP contribution in [0.3, 0.4) is 0 Å². The summed E-state index contributed by atoms with van der Waals surface area (Å²) in [5, 5.41) is 0. The first-order chi connectivity index (χ1) is 9.66. The summed E-state index contributed by atoms with van der Waals surface area (Å²) in [5.41, 5.74) is 5.95. The Balaban J connectivity index is 2.69. The molecule has 0 spiro atoms. The Morgan fingerprint density at radius 1 is 1.38 bits per heavy atom. The lowest BCUT2D eigenvalue weighted by Gasteiger charge is -2.33. The van der Waals surface area contributed by atoms with Crippen molar-refractivity contribution < 1.29 is 8.42 Å². The average molecular weight is 329 g/mol. The highest BCUT2D eigenvalue weighted by molar-refractivity contribution is 8.00. The number of rotatable bonds is 7. The Kier molecular flexibility index (Phi) is 6.31. The van der Waals surface area contributed by atoms with Gasteiger partial charge in [0.25, 0.3) is 0 Å². The van der Waals surface area contributed by atoms with Gasteiger partial charge in [-0.3, -0.25) is 0 Å². The first-order valence-electron chi connectivity index (χ1n) is 6.76. The zero-order chi connectivity index (χ0) is 16.1. The zero-order valence-electron chi connectivity index (χ0n) is 12.9. The maximum absolute atomic E-state index is 12.5. The molecule has 1 aromatic rings. The summed E-state index contributed by atoms with van der Waals surface area (Å²) >= 11 is 1.50. The van der Waals surface area contributed by atoms with Crippen LogP contribution in [0.4, 0.5) is 5.69 Å². The van der Waals surface area contributed by atoms with Gasteiger partial charge in [-0.15, -0.1) is 18.3 Å². The van der Waals surface area contributed by atoms with E-state index in [9.17, 15) is 8.42 Å². The van der Waals surface area contributed by atoms with Gasteiger partial charge in [0.1, 0.15) is 0 Å². The minimum atomic E-state index is -3.31. The lowest BCUT2D eigenvalue weighted by atomic mass is 10.1. The third-order valence-electron chi connectivity index (χ3n) is 2.85. The van der Waals surface area contributed by atoms with Crippen molar-refractivity contribution in [2.45, 2.75) is 31.2 Å². The van der Waals surface area contributed by atoms with Gasteiger partial charge in [0.2, 0.25) is 10.0 Å². The zero-order valence-corrected chi connectivity index (χ0v) is 14.5. The van der Waals surface area contributed by atoms with Gasteiger partial charge in [0, 0.05) is 28.4 Å². The van der Waals surface area contributed by atoms with Gasteiger partial charge < -0.3 is 5.73 Å². The minimum absolute atomic E-state index is 0.0948. The molecule has 0 amide bonds. The summed E-state index contributed by atoms with van der Waals surface area (Å²) < 4.78 is 26.4. The number of nitrogens with zero attached hydrogens (tertiary/aromatic N) is 1. The molecule has 0 bridgehead atoms. The lowest BCUT2D eigenvalue weighted by Crippen LogP contribution is -2.46. The van der Waals surface area contributed by atoms with Crippen LogP contribution in [0.25, 0.3) is 0 Å². The molecule has 0 saturated carbocycles. The van der Waals surface area contributed by atoms with Crippen molar-refractivity contribution in [2.75, 3.05) is 23.8 Å². The summed E-state index contributed by atoms with van der Waals surface area (Å²) in [6.45, 7) is 9.63. The number of hydrogen-bond acceptors (Lipinski definition) is 4. The van der Waals surface area contributed by atoms with Gasteiger partial charge in [-0.05, 0) is 39.0 Å². The summed E-state index contributed by atoms with van der Waals surface area (Å²) in [4.78, 5) is 0.983. The molecule has 4 nitrogen and oxygen atoms in total. The van der Waals surface area contributed by atoms with Gasteiger partial charge in [0.15, 0.2) is 0 Å². The minimum Gasteiger partial charge on any atom is -0.399 e. The molecule has 0 aromatic heterocycles. The van der Waals surface area contributed by atoms with E-state index in [4.69, 9.17) is 5.73 Å². The standard InChI is InChI=1S/C15H24N2O2S2/c1-5-9-17(15(2,3)4)21(18,19)11-10-20-14-8-6-7-13(16)12-14/h5-8,12H,1,9-11,16H2,2-4H3. The van der Waals surface area contributed by atoms with Crippen LogP contribution in [-0.2, 0) is 10.0 Å². The van der Waals surface area contributed by atoms with E-state index in [0.29, 0.717) is 18.0 Å². The van der Waals surface area contributed by atoms with Gasteiger partial charge in [-0.2, -0.15) is 4.31 Å². The van der Waals surface area contributed by atoms with Crippen LogP contribution in [0.2, 0.25) is 0 Å². The highest BCUT2D eigenvalue weighted by Crippen LogP contribution is 2.23. The lowest BCUT2D eigenvalue weighted by molar-refractivity contribution is 0.270. The van der Waals surface area contributed by atoms with Gasteiger partial charge in [-0.25, -0.2) is 8.42 Å². The number of hydrogen-bond donors (Lipinski definition) is 1. The third kappa shape index (κ3) is 5.73. The number of anilines is 1. The largest absolute Gasteiger partial charge is 0.399 e. The molecule has 0 aliphatic heterocycles. The molecule has 0 saturated heterocycles. The number of nitrogen functional groups attached to an aromatic ring is 1. The van der Waals surface area contributed by atoms with E-state index in [1.165, 1.54) is 16.1 Å². The number of benzene rings is 1. The van der Waals surface area contributed by atoms with E-state index in [2.05, 4.69) is 6.58 Å². The van der Waals surface area contributed by atoms with E-state index < -0.39 is 15.6 Å². The summed E-state index contributed by atoms with van der Waals surface area (Å²) in [7, 11) is -3.31. The fourth-order valence-electron chi connectivity index (χ4n) is 1.90. The topological polar surface area (TPSA) is 63.4 Å². The van der Waals surface area contributed by atoms with Crippen LogP contribution in [-0.4, -0.2) is 36.3 Å². The van der Waals surface area contributed by atoms with Gasteiger partial charge in [-0.1, -0.05) is 12.1 Å². The van der Waals surface area contributed by atoms with Crippen LogP contribution in [0.15, 0.2) is 41.8 Å². The molecule has 0 atom stereocenters. The molecular formula is C15H24N2O2S2. The van der Waals surface area contributed by atoms with Crippen molar-refractivity contribution in [1.82, 2.24) is 4.31 Å². The van der Waals surface area contributed by atoms with Crippen LogP contribution >= 0.6 is 11.8 Å². The van der Waals surface area contributed by atoms with Gasteiger partial charge >= 0.3 is 0 Å².